The van der Waals surface area contributed by atoms with Crippen LogP contribution in [0.3, 0.4) is 0 Å². The number of nitrogens with zero attached hydrogens (tertiary/aromatic N) is 1. The molecule has 1 unspecified atom stereocenters. The summed E-state index contributed by atoms with van der Waals surface area (Å²) < 4.78 is 4.73. The van der Waals surface area contributed by atoms with Crippen LogP contribution in [0.25, 0.3) is 0 Å². The Morgan fingerprint density at radius 2 is 2.00 bits per heavy atom. The zero-order valence-corrected chi connectivity index (χ0v) is 10.6. The summed E-state index contributed by atoms with van der Waals surface area (Å²) in [4.78, 5) is 13.6. The zero-order chi connectivity index (χ0) is 12.1. The minimum absolute atomic E-state index is 0.0504. The number of esters is 1. The van der Waals surface area contributed by atoms with Gasteiger partial charge in [-0.05, 0) is 32.7 Å². The summed E-state index contributed by atoms with van der Waals surface area (Å²) in [5, 5.41) is 0. The molecule has 16 heavy (non-hydrogen) atoms. The molecule has 0 aromatic heterocycles. The van der Waals surface area contributed by atoms with Gasteiger partial charge < -0.3 is 15.4 Å². The van der Waals surface area contributed by atoms with E-state index in [-0.39, 0.29) is 11.9 Å². The number of methoxy groups -OCH3 is 1. The SMILES string of the molecule is COC(=O)C(C)CN(C)C1CCC(N)CC1. The zero-order valence-electron chi connectivity index (χ0n) is 10.6. The number of nitrogens with two attached hydrogens (primary N) is 1. The quantitative estimate of drug-likeness (QED) is 0.729. The van der Waals surface area contributed by atoms with Crippen LogP contribution in [0.2, 0.25) is 0 Å². The van der Waals surface area contributed by atoms with Gasteiger partial charge in [0.1, 0.15) is 0 Å². The Kier molecular flexibility index (Phi) is 5.22. The van der Waals surface area contributed by atoms with Crippen LogP contribution < -0.4 is 5.73 Å². The molecule has 94 valence electrons. The van der Waals surface area contributed by atoms with Crippen molar-refractivity contribution >= 4 is 5.97 Å². The summed E-state index contributed by atoms with van der Waals surface area (Å²) in [6.45, 7) is 2.68. The predicted octanol–water partition coefficient (Wildman–Crippen LogP) is 0.997. The second-order valence-electron chi connectivity index (χ2n) is 4.93. The fraction of sp³-hybridized carbons (Fsp3) is 0.917. The molecule has 0 bridgehead atoms. The molecule has 0 aromatic rings. The molecule has 1 rings (SSSR count). The Hall–Kier alpha value is -0.610. The molecular weight excluding hydrogens is 204 g/mol. The van der Waals surface area contributed by atoms with Gasteiger partial charge in [-0.15, -0.1) is 0 Å². The standard InChI is InChI=1S/C12H24N2O2/c1-9(12(15)16-3)8-14(2)11-6-4-10(13)5-7-11/h9-11H,4-8,13H2,1-3H3. The first-order valence-corrected chi connectivity index (χ1v) is 6.08. The van der Waals surface area contributed by atoms with Crippen molar-refractivity contribution in [2.75, 3.05) is 20.7 Å². The maximum atomic E-state index is 11.3. The van der Waals surface area contributed by atoms with Gasteiger partial charge in [-0.3, -0.25) is 4.79 Å². The van der Waals surface area contributed by atoms with E-state index in [1.165, 1.54) is 7.11 Å². The number of ether oxygens (including phenoxy) is 1. The Balaban J connectivity index is 2.34. The van der Waals surface area contributed by atoms with E-state index in [1.807, 2.05) is 6.92 Å². The van der Waals surface area contributed by atoms with Crippen LogP contribution in [0, 0.1) is 5.92 Å². The third-order valence-electron chi connectivity index (χ3n) is 3.53. The van der Waals surface area contributed by atoms with Crippen LogP contribution in [0.4, 0.5) is 0 Å². The smallest absolute Gasteiger partial charge is 0.309 e. The molecule has 0 radical (unpaired) electrons. The molecule has 1 aliphatic rings. The summed E-state index contributed by atoms with van der Waals surface area (Å²) in [7, 11) is 3.53. The number of hydrogen-bond acceptors (Lipinski definition) is 4. The molecule has 1 atom stereocenters. The maximum absolute atomic E-state index is 11.3. The fourth-order valence-electron chi connectivity index (χ4n) is 2.40. The molecule has 0 saturated heterocycles. The minimum atomic E-state index is -0.126. The summed E-state index contributed by atoms with van der Waals surface area (Å²) in [5.74, 6) is -0.176. The normalized spacial score (nSPS) is 27.8. The van der Waals surface area contributed by atoms with E-state index in [9.17, 15) is 4.79 Å². The van der Waals surface area contributed by atoms with Crippen molar-refractivity contribution < 1.29 is 9.53 Å². The first-order valence-electron chi connectivity index (χ1n) is 6.08. The molecule has 4 nitrogen and oxygen atoms in total. The molecule has 1 saturated carbocycles. The van der Waals surface area contributed by atoms with E-state index in [2.05, 4.69) is 11.9 Å². The lowest BCUT2D eigenvalue weighted by atomic mass is 9.90. The Morgan fingerprint density at radius 3 is 2.50 bits per heavy atom. The van der Waals surface area contributed by atoms with E-state index < -0.39 is 0 Å². The molecule has 0 spiro atoms. The summed E-state index contributed by atoms with van der Waals surface area (Å²) in [6.07, 6.45) is 4.49. The van der Waals surface area contributed by atoms with Crippen LogP contribution in [0.15, 0.2) is 0 Å². The lowest BCUT2D eigenvalue weighted by Gasteiger charge is -2.34. The van der Waals surface area contributed by atoms with Gasteiger partial charge in [0.25, 0.3) is 0 Å². The predicted molar refractivity (Wildman–Crippen MR) is 64.0 cm³/mol. The number of carbonyl (C=O) groups excluding carboxylic acids is 1. The van der Waals surface area contributed by atoms with Crippen molar-refractivity contribution in [3.8, 4) is 0 Å². The molecule has 0 aliphatic heterocycles. The van der Waals surface area contributed by atoms with Gasteiger partial charge >= 0.3 is 5.97 Å². The number of carbonyl (C=O) groups is 1. The average molecular weight is 228 g/mol. The van der Waals surface area contributed by atoms with Crippen molar-refractivity contribution in [2.45, 2.75) is 44.7 Å². The Morgan fingerprint density at radius 1 is 1.44 bits per heavy atom. The Bertz CT molecular complexity index is 225. The molecule has 0 aromatic carbocycles. The largest absolute Gasteiger partial charge is 0.469 e. The maximum Gasteiger partial charge on any atom is 0.309 e. The highest BCUT2D eigenvalue weighted by molar-refractivity contribution is 5.72. The van der Waals surface area contributed by atoms with Gasteiger partial charge in [0, 0.05) is 18.6 Å². The van der Waals surface area contributed by atoms with E-state index in [0.717, 1.165) is 32.2 Å². The van der Waals surface area contributed by atoms with Crippen LogP contribution in [0.1, 0.15) is 32.6 Å². The second kappa shape index (κ2) is 6.21. The average Bonchev–Trinajstić information content (AvgIpc) is 2.28. The van der Waals surface area contributed by atoms with Crippen LogP contribution in [0.5, 0.6) is 0 Å². The highest BCUT2D eigenvalue weighted by Crippen LogP contribution is 2.21. The first-order chi connectivity index (χ1) is 7.54. The summed E-state index contributed by atoms with van der Waals surface area (Å²) >= 11 is 0. The molecule has 0 amide bonds. The molecule has 2 N–H and O–H groups in total. The molecule has 1 fully saturated rings. The fourth-order valence-corrected chi connectivity index (χ4v) is 2.40. The van der Waals surface area contributed by atoms with Crippen molar-refractivity contribution in [3.05, 3.63) is 0 Å². The van der Waals surface area contributed by atoms with E-state index in [4.69, 9.17) is 10.5 Å². The number of rotatable bonds is 4. The van der Waals surface area contributed by atoms with Gasteiger partial charge in [0.2, 0.25) is 0 Å². The van der Waals surface area contributed by atoms with Gasteiger partial charge in [-0.25, -0.2) is 0 Å². The first kappa shape index (κ1) is 13.5. The monoisotopic (exact) mass is 228 g/mol. The minimum Gasteiger partial charge on any atom is -0.469 e. The van der Waals surface area contributed by atoms with Gasteiger partial charge in [-0.1, -0.05) is 6.92 Å². The third-order valence-corrected chi connectivity index (χ3v) is 3.53. The van der Waals surface area contributed by atoms with E-state index >= 15 is 0 Å². The van der Waals surface area contributed by atoms with E-state index in [1.54, 1.807) is 0 Å². The number of hydrogen-bond donors (Lipinski definition) is 1. The second-order valence-corrected chi connectivity index (χ2v) is 4.93. The van der Waals surface area contributed by atoms with Crippen LogP contribution >= 0.6 is 0 Å². The van der Waals surface area contributed by atoms with Crippen molar-refractivity contribution in [1.29, 1.82) is 0 Å². The van der Waals surface area contributed by atoms with Crippen LogP contribution in [-0.2, 0) is 9.53 Å². The highest BCUT2D eigenvalue weighted by atomic mass is 16.5. The lowest BCUT2D eigenvalue weighted by molar-refractivity contribution is -0.145. The molecule has 4 heteroatoms. The molecule has 1 aliphatic carbocycles. The summed E-state index contributed by atoms with van der Waals surface area (Å²) in [6, 6.07) is 0.953. The third kappa shape index (κ3) is 3.76. The Labute approximate surface area is 98.1 Å². The van der Waals surface area contributed by atoms with Gasteiger partial charge in [0.05, 0.1) is 13.0 Å². The topological polar surface area (TPSA) is 55.6 Å². The van der Waals surface area contributed by atoms with Gasteiger partial charge in [-0.2, -0.15) is 0 Å². The van der Waals surface area contributed by atoms with Crippen molar-refractivity contribution in [1.82, 2.24) is 4.90 Å². The lowest BCUT2D eigenvalue weighted by Crippen LogP contribution is -2.41. The molecular formula is C12H24N2O2. The van der Waals surface area contributed by atoms with E-state index in [0.29, 0.717) is 12.1 Å². The van der Waals surface area contributed by atoms with Crippen LogP contribution in [-0.4, -0.2) is 43.7 Å². The molecule has 0 heterocycles. The van der Waals surface area contributed by atoms with Crippen molar-refractivity contribution in [2.24, 2.45) is 11.7 Å². The summed E-state index contributed by atoms with van der Waals surface area (Å²) in [5.41, 5.74) is 5.88. The van der Waals surface area contributed by atoms with Crippen molar-refractivity contribution in [3.63, 3.8) is 0 Å². The highest BCUT2D eigenvalue weighted by Gasteiger charge is 2.24. The van der Waals surface area contributed by atoms with Gasteiger partial charge in [0.15, 0.2) is 0 Å².